The summed E-state index contributed by atoms with van der Waals surface area (Å²) in [6.07, 6.45) is 2.95. The van der Waals surface area contributed by atoms with Gasteiger partial charge in [-0.25, -0.2) is 0 Å². The highest BCUT2D eigenvalue weighted by Crippen LogP contribution is 2.35. The smallest absolute Gasteiger partial charge is 0.257 e. The largest absolute Gasteiger partial charge is 0.505 e. The maximum Gasteiger partial charge on any atom is 0.257 e. The number of furan rings is 2. The van der Waals surface area contributed by atoms with Gasteiger partial charge in [-0.1, -0.05) is 39.8 Å². The predicted octanol–water partition coefficient (Wildman–Crippen LogP) is 6.61. The number of para-hydroxylation sites is 2. The van der Waals surface area contributed by atoms with Gasteiger partial charge in [0.05, 0.1) is 40.8 Å². The number of amides is 2. The molecular formula is C44H50N6O10. The van der Waals surface area contributed by atoms with Crippen molar-refractivity contribution < 1.29 is 28.6 Å². The average molecular weight is 823 g/mol. The molecule has 0 aliphatic heterocycles. The molecule has 0 bridgehead atoms. The number of phenolic OH excluding ortho intramolecular Hbond substituents is 2. The average Bonchev–Trinajstić information content (AvgIpc) is 3.90. The molecule has 16 heteroatoms. The van der Waals surface area contributed by atoms with E-state index in [0.29, 0.717) is 30.3 Å². The fraction of sp³-hybridized carbons (Fsp3) is 0.318. The molecule has 6 rings (SSSR count). The minimum Gasteiger partial charge on any atom is -0.505 e. The quantitative estimate of drug-likeness (QED) is 0.0474. The van der Waals surface area contributed by atoms with Crippen molar-refractivity contribution in [1.29, 1.82) is 0 Å². The van der Waals surface area contributed by atoms with E-state index in [4.69, 9.17) is 8.83 Å². The summed E-state index contributed by atoms with van der Waals surface area (Å²) in [5.41, 5.74) is -0.780. The van der Waals surface area contributed by atoms with E-state index in [1.165, 1.54) is 34.1 Å². The van der Waals surface area contributed by atoms with Crippen LogP contribution in [0.2, 0.25) is 0 Å². The van der Waals surface area contributed by atoms with E-state index < -0.39 is 21.7 Å². The number of anilines is 6. The Morgan fingerprint density at radius 1 is 0.650 bits per heavy atom. The number of benzene rings is 2. The second-order valence-corrected chi connectivity index (χ2v) is 15.0. The number of aryl methyl sites for hydroxylation is 1. The lowest BCUT2D eigenvalue weighted by Crippen LogP contribution is -2.37. The van der Waals surface area contributed by atoms with Gasteiger partial charge in [0.25, 0.3) is 33.5 Å². The molecule has 2 aromatic heterocycles. The molecule has 0 radical (unpaired) electrons. The lowest BCUT2D eigenvalue weighted by Gasteiger charge is -2.21. The molecule has 0 saturated carbocycles. The number of nitrogens with one attached hydrogen (secondary N) is 4. The van der Waals surface area contributed by atoms with Crippen molar-refractivity contribution in [2.75, 3.05) is 49.5 Å². The first-order valence-electron chi connectivity index (χ1n) is 19.3. The van der Waals surface area contributed by atoms with E-state index in [-0.39, 0.29) is 80.6 Å². The van der Waals surface area contributed by atoms with E-state index in [2.05, 4.69) is 35.1 Å². The van der Waals surface area contributed by atoms with Gasteiger partial charge in [0.15, 0.2) is 11.5 Å². The van der Waals surface area contributed by atoms with Crippen molar-refractivity contribution in [2.45, 2.75) is 65.5 Å². The van der Waals surface area contributed by atoms with Crippen LogP contribution < -0.4 is 43.0 Å². The molecule has 2 heterocycles. The van der Waals surface area contributed by atoms with Gasteiger partial charge in [0.2, 0.25) is 0 Å². The number of hydrogen-bond acceptors (Lipinski definition) is 14. The van der Waals surface area contributed by atoms with E-state index in [1.807, 2.05) is 39.0 Å². The van der Waals surface area contributed by atoms with Gasteiger partial charge in [-0.15, -0.1) is 0 Å². The number of aromatic hydroxyl groups is 2. The highest BCUT2D eigenvalue weighted by molar-refractivity contribution is 6.00. The van der Waals surface area contributed by atoms with Crippen molar-refractivity contribution in [3.63, 3.8) is 0 Å². The second-order valence-electron chi connectivity index (χ2n) is 15.0. The summed E-state index contributed by atoms with van der Waals surface area (Å²) in [5.74, 6) is 1.04. The second kappa shape index (κ2) is 18.2. The molecule has 0 aliphatic carbocycles. The van der Waals surface area contributed by atoms with Crippen LogP contribution in [0.25, 0.3) is 0 Å². The summed E-state index contributed by atoms with van der Waals surface area (Å²) < 4.78 is 11.3. The minimum absolute atomic E-state index is 0.0430. The molecule has 60 heavy (non-hydrogen) atoms. The molecule has 316 valence electrons. The molecule has 0 unspecified atom stereocenters. The van der Waals surface area contributed by atoms with Gasteiger partial charge in [-0.2, -0.15) is 0 Å². The van der Waals surface area contributed by atoms with Gasteiger partial charge in [-0.3, -0.25) is 28.8 Å². The third-order valence-corrected chi connectivity index (χ3v) is 9.89. The lowest BCUT2D eigenvalue weighted by atomic mass is 10.0. The third kappa shape index (κ3) is 8.97. The van der Waals surface area contributed by atoms with Crippen LogP contribution in [0.4, 0.5) is 34.1 Å². The summed E-state index contributed by atoms with van der Waals surface area (Å²) in [4.78, 5) is 75.8. The number of phenols is 2. The van der Waals surface area contributed by atoms with Crippen LogP contribution in [-0.2, 0) is 0 Å². The summed E-state index contributed by atoms with van der Waals surface area (Å²) in [7, 11) is 6.29. The Morgan fingerprint density at radius 3 is 1.45 bits per heavy atom. The van der Waals surface area contributed by atoms with E-state index in [0.717, 1.165) is 11.3 Å². The maximum atomic E-state index is 12.2. The Kier molecular flexibility index (Phi) is 13.4. The van der Waals surface area contributed by atoms with E-state index >= 15 is 0 Å². The zero-order valence-electron chi connectivity index (χ0n) is 35.0. The van der Waals surface area contributed by atoms with Crippen LogP contribution in [0, 0.1) is 6.92 Å². The number of rotatable bonds is 15. The normalized spacial score (nSPS) is 12.1. The first-order valence-corrected chi connectivity index (χ1v) is 19.3. The fourth-order valence-corrected chi connectivity index (χ4v) is 6.27. The first kappa shape index (κ1) is 44.0. The number of nitrogens with zero attached hydrogens (tertiary/aromatic N) is 2. The fourth-order valence-electron chi connectivity index (χ4n) is 6.27. The Labute approximate surface area is 345 Å². The Bertz CT molecular complexity index is 2650. The summed E-state index contributed by atoms with van der Waals surface area (Å²) in [5, 5.41) is 32.7. The monoisotopic (exact) mass is 822 g/mol. The van der Waals surface area contributed by atoms with Crippen molar-refractivity contribution in [3.05, 3.63) is 136 Å². The van der Waals surface area contributed by atoms with Crippen molar-refractivity contribution in [3.8, 4) is 11.5 Å². The van der Waals surface area contributed by atoms with Crippen LogP contribution in [0.1, 0.15) is 102 Å². The molecule has 6 N–H and O–H groups in total. The number of carbonyl (C=O) groups excluding carboxylic acids is 2. The van der Waals surface area contributed by atoms with Crippen molar-refractivity contribution in [1.82, 2.24) is 9.80 Å². The molecule has 2 amide bonds. The molecule has 0 saturated heterocycles. The van der Waals surface area contributed by atoms with Gasteiger partial charge in [0.1, 0.15) is 40.0 Å². The van der Waals surface area contributed by atoms with Crippen LogP contribution in [0.5, 0.6) is 11.5 Å². The summed E-state index contributed by atoms with van der Waals surface area (Å²) in [6, 6.07) is 14.2. The number of carbonyl (C=O) groups is 2. The van der Waals surface area contributed by atoms with Gasteiger partial charge >= 0.3 is 0 Å². The summed E-state index contributed by atoms with van der Waals surface area (Å²) >= 11 is 0. The molecule has 16 nitrogen and oxygen atoms in total. The van der Waals surface area contributed by atoms with Crippen molar-refractivity contribution >= 4 is 45.9 Å². The van der Waals surface area contributed by atoms with Crippen LogP contribution in [0.15, 0.2) is 88.9 Å². The van der Waals surface area contributed by atoms with E-state index in [9.17, 15) is 39.0 Å². The highest BCUT2D eigenvalue weighted by atomic mass is 16.3. The molecule has 2 atom stereocenters. The molecule has 4 aromatic carbocycles. The lowest BCUT2D eigenvalue weighted by molar-refractivity contribution is 0.0817. The van der Waals surface area contributed by atoms with Gasteiger partial charge < -0.3 is 50.1 Å². The Morgan fingerprint density at radius 2 is 1.08 bits per heavy atom. The van der Waals surface area contributed by atoms with Crippen LogP contribution in [0.3, 0.4) is 0 Å². The Balaban J connectivity index is 0.000000228. The van der Waals surface area contributed by atoms with Crippen LogP contribution in [-0.4, -0.2) is 60.0 Å². The SMILES string of the molecule is CC[C@@H](Nc1c(Nc2cccc(C(=O)N(C)C)c2O)c(=O)c1=O)c1cc(C(C)C)co1.CC[C@@H](Nc1c(Nc2cccc(C(=O)N(C)C)c2O)c(=O)c1=O)c1ccc(C)o1. The van der Waals surface area contributed by atoms with Crippen LogP contribution >= 0.6 is 0 Å². The predicted molar refractivity (Wildman–Crippen MR) is 231 cm³/mol. The highest BCUT2D eigenvalue weighted by Gasteiger charge is 2.28. The molecule has 6 aromatic rings. The van der Waals surface area contributed by atoms with Crippen molar-refractivity contribution in [2.24, 2.45) is 0 Å². The number of hydrogen-bond donors (Lipinski definition) is 6. The first-order chi connectivity index (χ1) is 28.4. The standard InChI is InChI=1S/C23H27N3O5.C21H23N3O5/c1-6-15(17-10-13(11-31-17)12(2)3)24-18-19(22(29)21(18)28)25-16-9-7-8-14(20(16)27)23(30)26(4)5;1-5-13(15-10-9-11(2)29-15)22-16-17(20(27)19(16)26)23-14-8-6-7-12(18(14)25)21(28)24(3)4/h7-12,15,24-25,27H,6H2,1-5H3;6-10,13,22-23,25H,5H2,1-4H3/t15-;13-/m11/s1. The molecule has 0 aliphatic rings. The topological polar surface area (TPSA) is 224 Å². The molecule has 0 spiro atoms. The maximum absolute atomic E-state index is 12.2. The zero-order chi connectivity index (χ0) is 44.2. The molecular weight excluding hydrogens is 773 g/mol. The van der Waals surface area contributed by atoms with E-state index in [1.54, 1.807) is 46.6 Å². The summed E-state index contributed by atoms with van der Waals surface area (Å²) in [6.45, 7) is 9.81. The minimum atomic E-state index is -0.693. The Hall–Kier alpha value is -7.10. The molecule has 0 fully saturated rings. The third-order valence-electron chi connectivity index (χ3n) is 9.89. The van der Waals surface area contributed by atoms with Gasteiger partial charge in [0, 0.05) is 28.2 Å². The van der Waals surface area contributed by atoms with Gasteiger partial charge in [-0.05, 0) is 73.7 Å². The zero-order valence-corrected chi connectivity index (χ0v) is 35.0.